The summed E-state index contributed by atoms with van der Waals surface area (Å²) in [5.41, 5.74) is 7.24. The number of aliphatic hydroxyl groups excluding tert-OH is 1. The Kier molecular flexibility index (Phi) is 2.04. The highest BCUT2D eigenvalue weighted by atomic mass is 16.3. The van der Waals surface area contributed by atoms with Crippen LogP contribution in [0.5, 0.6) is 0 Å². The monoisotopic (exact) mass is 176 g/mol. The number of benzene rings is 1. The molecule has 0 aliphatic heterocycles. The summed E-state index contributed by atoms with van der Waals surface area (Å²) in [5.74, 6) is 0. The summed E-state index contributed by atoms with van der Waals surface area (Å²) < 4.78 is 0. The number of aromatic amines is 1. The lowest BCUT2D eigenvalue weighted by Crippen LogP contribution is -2.11. The van der Waals surface area contributed by atoms with Gasteiger partial charge >= 0.3 is 0 Å². The van der Waals surface area contributed by atoms with Crippen molar-refractivity contribution in [3.8, 4) is 0 Å². The van der Waals surface area contributed by atoms with Gasteiger partial charge in [-0.1, -0.05) is 18.2 Å². The van der Waals surface area contributed by atoms with E-state index < -0.39 is 6.10 Å². The van der Waals surface area contributed by atoms with Gasteiger partial charge < -0.3 is 15.8 Å². The third-order valence-electron chi connectivity index (χ3n) is 2.20. The Morgan fingerprint density at radius 2 is 2.23 bits per heavy atom. The lowest BCUT2D eigenvalue weighted by molar-refractivity contribution is 0.188. The molecule has 1 aromatic heterocycles. The normalized spacial score (nSPS) is 13.4. The molecule has 0 amide bonds. The molecule has 2 aromatic rings. The molecule has 0 radical (unpaired) electrons. The minimum absolute atomic E-state index is 0.248. The summed E-state index contributed by atoms with van der Waals surface area (Å²) in [5, 5.41) is 10.7. The summed E-state index contributed by atoms with van der Waals surface area (Å²) in [6.45, 7) is 0.248. The predicted octanol–water partition coefficient (Wildman–Crippen LogP) is 1.16. The van der Waals surface area contributed by atoms with E-state index in [4.69, 9.17) is 5.73 Å². The van der Waals surface area contributed by atoms with Crippen LogP contribution in [-0.4, -0.2) is 16.6 Å². The first-order chi connectivity index (χ1) is 6.33. The van der Waals surface area contributed by atoms with Gasteiger partial charge in [-0.3, -0.25) is 0 Å². The first-order valence-electron chi connectivity index (χ1n) is 4.27. The molecule has 0 saturated carbocycles. The summed E-state index contributed by atoms with van der Waals surface area (Å²) in [7, 11) is 0. The number of H-pyrrole nitrogens is 1. The summed E-state index contributed by atoms with van der Waals surface area (Å²) >= 11 is 0. The Hall–Kier alpha value is -1.32. The van der Waals surface area contributed by atoms with Crippen LogP contribution in [0.25, 0.3) is 10.9 Å². The zero-order chi connectivity index (χ0) is 9.26. The fourth-order valence-corrected chi connectivity index (χ4v) is 1.51. The Morgan fingerprint density at radius 1 is 1.38 bits per heavy atom. The van der Waals surface area contributed by atoms with E-state index in [0.717, 1.165) is 16.5 Å². The lowest BCUT2D eigenvalue weighted by atomic mass is 10.1. The number of hydrogen-bond acceptors (Lipinski definition) is 2. The van der Waals surface area contributed by atoms with Crippen LogP contribution in [0.1, 0.15) is 11.7 Å². The van der Waals surface area contributed by atoms with Crippen LogP contribution in [0.3, 0.4) is 0 Å². The third-order valence-corrected chi connectivity index (χ3v) is 2.20. The number of nitrogens with one attached hydrogen (secondary N) is 1. The fraction of sp³-hybridized carbons (Fsp3) is 0.200. The molecule has 0 unspecified atom stereocenters. The molecule has 68 valence electrons. The van der Waals surface area contributed by atoms with Crippen molar-refractivity contribution in [1.29, 1.82) is 0 Å². The van der Waals surface area contributed by atoms with Crippen molar-refractivity contribution in [2.75, 3.05) is 6.54 Å². The second kappa shape index (κ2) is 3.20. The third kappa shape index (κ3) is 1.32. The molecule has 3 nitrogen and oxygen atoms in total. The van der Waals surface area contributed by atoms with E-state index in [0.29, 0.717) is 0 Å². The molecule has 1 heterocycles. The number of aromatic nitrogens is 1. The van der Waals surface area contributed by atoms with Crippen molar-refractivity contribution in [3.63, 3.8) is 0 Å². The highest BCUT2D eigenvalue weighted by Crippen LogP contribution is 2.21. The number of para-hydroxylation sites is 1. The summed E-state index contributed by atoms with van der Waals surface area (Å²) in [6, 6.07) is 7.78. The SMILES string of the molecule is NC[C@@H](O)c1cccc2cc[nH]c12. The highest BCUT2D eigenvalue weighted by molar-refractivity contribution is 5.82. The van der Waals surface area contributed by atoms with Gasteiger partial charge in [0.15, 0.2) is 0 Å². The maximum absolute atomic E-state index is 9.60. The Balaban J connectivity index is 2.60. The Morgan fingerprint density at radius 3 is 3.00 bits per heavy atom. The summed E-state index contributed by atoms with van der Waals surface area (Å²) in [4.78, 5) is 3.09. The lowest BCUT2D eigenvalue weighted by Gasteiger charge is -2.08. The molecular formula is C10H12N2O. The zero-order valence-electron chi connectivity index (χ0n) is 7.20. The van der Waals surface area contributed by atoms with E-state index in [2.05, 4.69) is 4.98 Å². The van der Waals surface area contributed by atoms with Crippen LogP contribution in [-0.2, 0) is 0 Å². The van der Waals surface area contributed by atoms with Crippen LogP contribution in [0.2, 0.25) is 0 Å². The predicted molar refractivity (Wildman–Crippen MR) is 52.3 cm³/mol. The first-order valence-corrected chi connectivity index (χ1v) is 4.27. The molecule has 0 spiro atoms. The van der Waals surface area contributed by atoms with Gasteiger partial charge in [0.25, 0.3) is 0 Å². The minimum atomic E-state index is -0.581. The van der Waals surface area contributed by atoms with Gasteiger partial charge in [-0.15, -0.1) is 0 Å². The zero-order valence-corrected chi connectivity index (χ0v) is 7.20. The topological polar surface area (TPSA) is 62.0 Å². The van der Waals surface area contributed by atoms with E-state index in [1.54, 1.807) is 0 Å². The van der Waals surface area contributed by atoms with Crippen LogP contribution in [0.15, 0.2) is 30.5 Å². The fourth-order valence-electron chi connectivity index (χ4n) is 1.51. The van der Waals surface area contributed by atoms with Gasteiger partial charge in [0.2, 0.25) is 0 Å². The van der Waals surface area contributed by atoms with E-state index in [-0.39, 0.29) is 6.54 Å². The van der Waals surface area contributed by atoms with Gasteiger partial charge in [0, 0.05) is 18.3 Å². The van der Waals surface area contributed by atoms with Crippen LogP contribution in [0, 0.1) is 0 Å². The standard InChI is InChI=1S/C10H12N2O/c11-6-9(13)8-3-1-2-7-4-5-12-10(7)8/h1-5,9,12-13H,6,11H2/t9-/m1/s1. The smallest absolute Gasteiger partial charge is 0.0932 e. The summed E-state index contributed by atoms with van der Waals surface area (Å²) in [6.07, 6.45) is 1.28. The molecule has 0 aliphatic rings. The molecule has 1 aromatic carbocycles. The van der Waals surface area contributed by atoms with Crippen molar-refractivity contribution < 1.29 is 5.11 Å². The Labute approximate surface area is 76.2 Å². The second-order valence-corrected chi connectivity index (χ2v) is 3.04. The number of rotatable bonds is 2. The average molecular weight is 176 g/mol. The molecule has 3 heteroatoms. The quantitative estimate of drug-likeness (QED) is 0.643. The molecule has 0 fully saturated rings. The van der Waals surface area contributed by atoms with Crippen LogP contribution < -0.4 is 5.73 Å². The number of aliphatic hydroxyl groups is 1. The second-order valence-electron chi connectivity index (χ2n) is 3.04. The van der Waals surface area contributed by atoms with Gasteiger partial charge in [0.1, 0.15) is 0 Å². The van der Waals surface area contributed by atoms with Crippen LogP contribution in [0.4, 0.5) is 0 Å². The van der Waals surface area contributed by atoms with E-state index in [1.165, 1.54) is 0 Å². The molecule has 0 bridgehead atoms. The molecule has 0 saturated heterocycles. The Bertz CT molecular complexity index is 408. The van der Waals surface area contributed by atoms with Crippen molar-refractivity contribution in [2.45, 2.75) is 6.10 Å². The molecule has 4 N–H and O–H groups in total. The first kappa shape index (κ1) is 8.29. The van der Waals surface area contributed by atoms with Crippen LogP contribution >= 0.6 is 0 Å². The highest BCUT2D eigenvalue weighted by Gasteiger charge is 2.08. The maximum atomic E-state index is 9.60. The van der Waals surface area contributed by atoms with Gasteiger partial charge in [-0.2, -0.15) is 0 Å². The molecular weight excluding hydrogens is 164 g/mol. The van der Waals surface area contributed by atoms with Gasteiger partial charge in [-0.05, 0) is 11.5 Å². The van der Waals surface area contributed by atoms with Crippen molar-refractivity contribution in [1.82, 2.24) is 4.98 Å². The number of hydrogen-bond donors (Lipinski definition) is 3. The minimum Gasteiger partial charge on any atom is -0.387 e. The molecule has 13 heavy (non-hydrogen) atoms. The average Bonchev–Trinajstić information content (AvgIpc) is 2.63. The molecule has 0 aliphatic carbocycles. The maximum Gasteiger partial charge on any atom is 0.0932 e. The van der Waals surface area contributed by atoms with Crippen molar-refractivity contribution in [3.05, 3.63) is 36.0 Å². The van der Waals surface area contributed by atoms with E-state index >= 15 is 0 Å². The van der Waals surface area contributed by atoms with Gasteiger partial charge in [0.05, 0.1) is 11.6 Å². The largest absolute Gasteiger partial charge is 0.387 e. The molecule has 2 rings (SSSR count). The van der Waals surface area contributed by atoms with E-state index in [1.807, 2.05) is 30.5 Å². The van der Waals surface area contributed by atoms with Crippen molar-refractivity contribution >= 4 is 10.9 Å². The van der Waals surface area contributed by atoms with Crippen molar-refractivity contribution in [2.24, 2.45) is 5.73 Å². The molecule has 1 atom stereocenters. The van der Waals surface area contributed by atoms with Gasteiger partial charge in [-0.25, -0.2) is 0 Å². The van der Waals surface area contributed by atoms with E-state index in [9.17, 15) is 5.11 Å². The number of nitrogens with two attached hydrogens (primary N) is 1. The number of fused-ring (bicyclic) bond motifs is 1.